The summed E-state index contributed by atoms with van der Waals surface area (Å²) < 4.78 is 5.77. The summed E-state index contributed by atoms with van der Waals surface area (Å²) in [4.78, 5) is 33.9. The molecule has 0 spiro atoms. The van der Waals surface area contributed by atoms with E-state index in [-0.39, 0.29) is 18.0 Å². The van der Waals surface area contributed by atoms with Crippen LogP contribution in [0.1, 0.15) is 44.1 Å². The zero-order valence-corrected chi connectivity index (χ0v) is 17.2. The van der Waals surface area contributed by atoms with E-state index >= 15 is 0 Å². The van der Waals surface area contributed by atoms with Crippen LogP contribution in [0, 0.1) is 0 Å². The molecule has 0 radical (unpaired) electrons. The number of carbonyl (C=O) groups excluding carboxylic acids is 1. The molecule has 0 saturated carbocycles. The van der Waals surface area contributed by atoms with Crippen molar-refractivity contribution >= 4 is 29.5 Å². The number of carboxylic acid groups (broad SMARTS) is 2. The average Bonchev–Trinajstić information content (AvgIpc) is 2.88. The third kappa shape index (κ3) is 6.58. The number of rotatable bonds is 5. The number of hydrogen-bond donors (Lipinski definition) is 2. The van der Waals surface area contributed by atoms with E-state index in [1.807, 2.05) is 31.2 Å². The summed E-state index contributed by atoms with van der Waals surface area (Å²) in [6.07, 6.45) is 5.58. The first kappa shape index (κ1) is 22.9. The van der Waals surface area contributed by atoms with Crippen LogP contribution >= 0.6 is 11.6 Å². The van der Waals surface area contributed by atoms with E-state index < -0.39 is 11.9 Å². The Morgan fingerprint density at radius 2 is 1.62 bits per heavy atom. The van der Waals surface area contributed by atoms with Gasteiger partial charge in [0.05, 0.1) is 5.92 Å². The highest BCUT2D eigenvalue weighted by molar-refractivity contribution is 6.31. The van der Waals surface area contributed by atoms with Crippen LogP contribution < -0.4 is 0 Å². The molecule has 3 unspecified atom stereocenters. The first-order valence-electron chi connectivity index (χ1n) is 9.49. The molecular formula is C21H26ClNO6. The summed E-state index contributed by atoms with van der Waals surface area (Å²) in [5.74, 6) is -2.98. The van der Waals surface area contributed by atoms with Gasteiger partial charge in [-0.15, -0.1) is 0 Å². The standard InChI is InChI=1S/C17H22ClNO2.C4H4O4/c1-11(15-5-3-4-6-16(15)18)17(20)21-14-9-12-7-8-13(10-14)19(12)2;5-3(6)1-2-4(7)8/h3-6,11-14H,7-10H2,1-2H3;1-2H,(H,5,6)(H,7,8)/b;2-1-. The van der Waals surface area contributed by atoms with Crippen molar-refractivity contribution in [1.82, 2.24) is 4.90 Å². The SMILES string of the molecule is CC(C(=O)OC1CC2CCC(C1)N2C)c1ccccc1Cl.O=C(O)/C=C\C(=O)O. The van der Waals surface area contributed by atoms with Crippen LogP contribution in [0.25, 0.3) is 0 Å². The average molecular weight is 424 g/mol. The number of esters is 1. The minimum absolute atomic E-state index is 0.0659. The Morgan fingerprint density at radius 1 is 1.10 bits per heavy atom. The van der Waals surface area contributed by atoms with Crippen molar-refractivity contribution < 1.29 is 29.3 Å². The second-order valence-corrected chi connectivity index (χ2v) is 7.74. The lowest BCUT2D eigenvalue weighted by Crippen LogP contribution is -2.43. The molecule has 2 saturated heterocycles. The van der Waals surface area contributed by atoms with Crippen molar-refractivity contribution in [3.63, 3.8) is 0 Å². The molecule has 2 heterocycles. The van der Waals surface area contributed by atoms with Gasteiger partial charge in [-0.1, -0.05) is 29.8 Å². The van der Waals surface area contributed by atoms with Crippen molar-refractivity contribution in [2.45, 2.75) is 56.7 Å². The van der Waals surface area contributed by atoms with Gasteiger partial charge in [-0.05, 0) is 51.3 Å². The lowest BCUT2D eigenvalue weighted by atomic mass is 9.99. The van der Waals surface area contributed by atoms with Gasteiger partial charge in [-0.3, -0.25) is 4.79 Å². The van der Waals surface area contributed by atoms with Crippen LogP contribution in [-0.4, -0.2) is 58.3 Å². The van der Waals surface area contributed by atoms with Crippen molar-refractivity contribution in [2.75, 3.05) is 7.05 Å². The fraction of sp³-hybridized carbons (Fsp3) is 0.476. The van der Waals surface area contributed by atoms with E-state index in [0.29, 0.717) is 29.3 Å². The molecule has 2 fully saturated rings. The van der Waals surface area contributed by atoms with Crippen LogP contribution in [-0.2, 0) is 19.1 Å². The van der Waals surface area contributed by atoms with Crippen LogP contribution in [0.2, 0.25) is 5.02 Å². The highest BCUT2D eigenvalue weighted by Gasteiger charge is 2.40. The molecule has 2 aliphatic rings. The van der Waals surface area contributed by atoms with Gasteiger partial charge < -0.3 is 19.8 Å². The highest BCUT2D eigenvalue weighted by atomic mass is 35.5. The predicted octanol–water partition coefficient (Wildman–Crippen LogP) is 3.32. The normalized spacial score (nSPS) is 24.4. The van der Waals surface area contributed by atoms with Crippen LogP contribution in [0.15, 0.2) is 36.4 Å². The smallest absolute Gasteiger partial charge is 0.328 e. The van der Waals surface area contributed by atoms with Gasteiger partial charge in [-0.2, -0.15) is 0 Å². The molecule has 7 nitrogen and oxygen atoms in total. The molecule has 2 aliphatic heterocycles. The number of ether oxygens (including phenoxy) is 1. The molecule has 1 aromatic carbocycles. The Morgan fingerprint density at radius 3 is 2.10 bits per heavy atom. The molecule has 0 aromatic heterocycles. The van der Waals surface area contributed by atoms with Crippen LogP contribution in [0.3, 0.4) is 0 Å². The zero-order valence-electron chi connectivity index (χ0n) is 16.5. The molecule has 3 atom stereocenters. The number of halogens is 1. The maximum absolute atomic E-state index is 12.4. The molecule has 1 aromatic rings. The van der Waals surface area contributed by atoms with Crippen molar-refractivity contribution in [3.8, 4) is 0 Å². The molecule has 2 bridgehead atoms. The summed E-state index contributed by atoms with van der Waals surface area (Å²) in [5, 5.41) is 16.3. The maximum atomic E-state index is 12.4. The van der Waals surface area contributed by atoms with Gasteiger partial charge in [0.1, 0.15) is 6.10 Å². The summed E-state index contributed by atoms with van der Waals surface area (Å²) in [6, 6.07) is 8.65. The topological polar surface area (TPSA) is 104 Å². The monoisotopic (exact) mass is 423 g/mol. The number of carbonyl (C=O) groups is 3. The van der Waals surface area contributed by atoms with Gasteiger partial charge in [0.15, 0.2) is 0 Å². The number of carboxylic acids is 2. The first-order chi connectivity index (χ1) is 13.7. The first-order valence-corrected chi connectivity index (χ1v) is 9.87. The molecular weight excluding hydrogens is 398 g/mol. The third-order valence-electron chi connectivity index (χ3n) is 5.43. The maximum Gasteiger partial charge on any atom is 0.328 e. The van der Waals surface area contributed by atoms with Gasteiger partial charge in [0, 0.05) is 29.3 Å². The summed E-state index contributed by atoms with van der Waals surface area (Å²) >= 11 is 6.17. The van der Waals surface area contributed by atoms with Crippen LogP contribution in [0.4, 0.5) is 0 Å². The van der Waals surface area contributed by atoms with E-state index in [2.05, 4.69) is 11.9 Å². The highest BCUT2D eigenvalue weighted by Crippen LogP contribution is 2.36. The fourth-order valence-corrected chi connectivity index (χ4v) is 4.12. The zero-order chi connectivity index (χ0) is 21.6. The van der Waals surface area contributed by atoms with Crippen molar-refractivity contribution in [3.05, 3.63) is 47.0 Å². The minimum atomic E-state index is -1.26. The number of piperidine rings is 1. The van der Waals surface area contributed by atoms with Crippen molar-refractivity contribution in [2.24, 2.45) is 0 Å². The van der Waals surface area contributed by atoms with E-state index in [4.69, 9.17) is 26.6 Å². The molecule has 0 amide bonds. The molecule has 0 aliphatic carbocycles. The van der Waals surface area contributed by atoms with Gasteiger partial charge >= 0.3 is 17.9 Å². The molecule has 3 rings (SSSR count). The second-order valence-electron chi connectivity index (χ2n) is 7.33. The molecule has 8 heteroatoms. The quantitative estimate of drug-likeness (QED) is 0.552. The Labute approximate surface area is 174 Å². The lowest BCUT2D eigenvalue weighted by molar-refractivity contribution is -0.153. The second kappa shape index (κ2) is 10.4. The Bertz CT molecular complexity index is 750. The summed E-state index contributed by atoms with van der Waals surface area (Å²) in [5.41, 5.74) is 0.847. The van der Waals surface area contributed by atoms with Gasteiger partial charge in [-0.25, -0.2) is 9.59 Å². The summed E-state index contributed by atoms with van der Waals surface area (Å²) in [6.45, 7) is 1.87. The van der Waals surface area contributed by atoms with E-state index in [0.717, 1.165) is 18.4 Å². The lowest BCUT2D eigenvalue weighted by Gasteiger charge is -2.36. The molecule has 2 N–H and O–H groups in total. The third-order valence-corrected chi connectivity index (χ3v) is 5.78. The van der Waals surface area contributed by atoms with Crippen molar-refractivity contribution in [1.29, 1.82) is 0 Å². The Balaban J connectivity index is 0.000000321. The van der Waals surface area contributed by atoms with E-state index in [1.54, 1.807) is 0 Å². The largest absolute Gasteiger partial charge is 0.478 e. The molecule has 29 heavy (non-hydrogen) atoms. The van der Waals surface area contributed by atoms with E-state index in [1.165, 1.54) is 12.8 Å². The Kier molecular flexibility index (Phi) is 8.22. The fourth-order valence-electron chi connectivity index (χ4n) is 3.82. The number of nitrogens with zero attached hydrogens (tertiary/aromatic N) is 1. The van der Waals surface area contributed by atoms with E-state index in [9.17, 15) is 14.4 Å². The van der Waals surface area contributed by atoms with Crippen LogP contribution in [0.5, 0.6) is 0 Å². The number of hydrogen-bond acceptors (Lipinski definition) is 5. The number of aliphatic carboxylic acids is 2. The molecule has 158 valence electrons. The van der Waals surface area contributed by atoms with Gasteiger partial charge in [0.2, 0.25) is 0 Å². The minimum Gasteiger partial charge on any atom is -0.478 e. The number of fused-ring (bicyclic) bond motifs is 2. The Hall–Kier alpha value is -2.38. The summed E-state index contributed by atoms with van der Waals surface area (Å²) in [7, 11) is 2.19. The number of benzene rings is 1. The van der Waals surface area contributed by atoms with Gasteiger partial charge in [0.25, 0.3) is 0 Å². The predicted molar refractivity (Wildman–Crippen MR) is 108 cm³/mol.